The predicted octanol–water partition coefficient (Wildman–Crippen LogP) is 2.46. The van der Waals surface area contributed by atoms with Crippen molar-refractivity contribution in [1.82, 2.24) is 4.90 Å². The van der Waals surface area contributed by atoms with Crippen LogP contribution in [0.3, 0.4) is 0 Å². The average Bonchev–Trinajstić information content (AvgIpc) is 2.91. The van der Waals surface area contributed by atoms with Gasteiger partial charge < -0.3 is 10.6 Å². The fourth-order valence-corrected chi connectivity index (χ4v) is 2.91. The first-order chi connectivity index (χ1) is 10.4. The van der Waals surface area contributed by atoms with Gasteiger partial charge in [-0.1, -0.05) is 12.1 Å². The van der Waals surface area contributed by atoms with Crippen LogP contribution in [0.15, 0.2) is 24.3 Å². The highest BCUT2D eigenvalue weighted by Crippen LogP contribution is 2.27. The lowest BCUT2D eigenvalue weighted by molar-refractivity contribution is -0.384. The van der Waals surface area contributed by atoms with Gasteiger partial charge >= 0.3 is 0 Å². The predicted molar refractivity (Wildman–Crippen MR) is 84.1 cm³/mol. The molecule has 0 spiro atoms. The van der Waals surface area contributed by atoms with E-state index in [0.29, 0.717) is 6.54 Å². The molecule has 1 saturated carbocycles. The van der Waals surface area contributed by atoms with Gasteiger partial charge in [0.1, 0.15) is 0 Å². The molecule has 0 heterocycles. The zero-order valence-electron chi connectivity index (χ0n) is 13.1. The van der Waals surface area contributed by atoms with E-state index in [4.69, 9.17) is 5.73 Å². The van der Waals surface area contributed by atoms with Gasteiger partial charge in [-0.05, 0) is 38.7 Å². The fraction of sp³-hybridized carbons (Fsp3) is 0.562. The average molecular weight is 305 g/mol. The van der Waals surface area contributed by atoms with E-state index in [1.54, 1.807) is 12.1 Å². The summed E-state index contributed by atoms with van der Waals surface area (Å²) in [7, 11) is 0. The second-order valence-electron chi connectivity index (χ2n) is 6.25. The van der Waals surface area contributed by atoms with Crippen molar-refractivity contribution in [2.45, 2.75) is 51.7 Å². The van der Waals surface area contributed by atoms with E-state index in [-0.39, 0.29) is 29.6 Å². The van der Waals surface area contributed by atoms with Crippen molar-refractivity contribution in [2.75, 3.05) is 0 Å². The molecule has 2 rings (SSSR count). The van der Waals surface area contributed by atoms with Crippen molar-refractivity contribution in [3.8, 4) is 0 Å². The second kappa shape index (κ2) is 6.87. The first-order valence-corrected chi connectivity index (χ1v) is 7.68. The number of nitrogens with zero attached hydrogens (tertiary/aromatic N) is 2. The third-order valence-electron chi connectivity index (χ3n) is 4.23. The molecule has 1 fully saturated rings. The molecule has 1 amide bonds. The number of nitro benzene ring substituents is 1. The quantitative estimate of drug-likeness (QED) is 0.668. The third-order valence-corrected chi connectivity index (χ3v) is 4.23. The van der Waals surface area contributed by atoms with E-state index in [9.17, 15) is 14.9 Å². The molecule has 1 aliphatic rings. The van der Waals surface area contributed by atoms with Gasteiger partial charge in [0.15, 0.2) is 0 Å². The molecule has 120 valence electrons. The summed E-state index contributed by atoms with van der Waals surface area (Å²) in [5.41, 5.74) is 6.86. The maximum absolute atomic E-state index is 12.7. The summed E-state index contributed by atoms with van der Waals surface area (Å²) in [6.07, 6.45) is 2.51. The minimum atomic E-state index is -0.422. The Labute approximate surface area is 130 Å². The molecule has 1 aromatic carbocycles. The van der Waals surface area contributed by atoms with Crippen LogP contribution in [0.2, 0.25) is 0 Å². The Morgan fingerprint density at radius 3 is 2.45 bits per heavy atom. The number of hydrogen-bond acceptors (Lipinski definition) is 4. The first kappa shape index (κ1) is 16.4. The molecule has 1 aliphatic carbocycles. The maximum atomic E-state index is 12.7. The number of rotatable bonds is 5. The summed E-state index contributed by atoms with van der Waals surface area (Å²) in [6, 6.07) is 6.58. The summed E-state index contributed by atoms with van der Waals surface area (Å²) >= 11 is 0. The number of carbonyl (C=O) groups excluding carboxylic acids is 1. The van der Waals surface area contributed by atoms with Gasteiger partial charge in [-0.15, -0.1) is 0 Å². The van der Waals surface area contributed by atoms with Gasteiger partial charge in [-0.2, -0.15) is 0 Å². The molecule has 0 radical (unpaired) electrons. The highest BCUT2D eigenvalue weighted by molar-refractivity contribution is 5.79. The fourth-order valence-electron chi connectivity index (χ4n) is 2.91. The van der Waals surface area contributed by atoms with E-state index in [2.05, 4.69) is 0 Å². The summed E-state index contributed by atoms with van der Waals surface area (Å²) in [4.78, 5) is 24.8. The number of non-ortho nitro benzene ring substituents is 1. The minimum Gasteiger partial charge on any atom is -0.336 e. The highest BCUT2D eigenvalue weighted by Gasteiger charge is 2.32. The van der Waals surface area contributed by atoms with Crippen LogP contribution in [0.5, 0.6) is 0 Å². The molecule has 6 nitrogen and oxygen atoms in total. The van der Waals surface area contributed by atoms with Gasteiger partial charge in [0.25, 0.3) is 5.69 Å². The third kappa shape index (κ3) is 3.82. The molecule has 2 N–H and O–H groups in total. The van der Waals surface area contributed by atoms with Gasteiger partial charge in [0.2, 0.25) is 5.91 Å². The standard InChI is InChI=1S/C16H23N3O3/c1-11(2)18(16(20)13-5-6-14(17)9-13)10-12-3-7-15(8-4-12)19(21)22/h3-4,7-8,11,13-14H,5-6,9-10,17H2,1-2H3. The van der Waals surface area contributed by atoms with Gasteiger partial charge in [-0.3, -0.25) is 14.9 Å². The normalized spacial score (nSPS) is 21.1. The van der Waals surface area contributed by atoms with Crippen LogP contribution in [0.25, 0.3) is 0 Å². The van der Waals surface area contributed by atoms with Crippen LogP contribution in [0, 0.1) is 16.0 Å². The number of amides is 1. The lowest BCUT2D eigenvalue weighted by Crippen LogP contribution is -2.40. The molecule has 0 aromatic heterocycles. The summed E-state index contributed by atoms with van der Waals surface area (Å²) < 4.78 is 0. The van der Waals surface area contributed by atoms with Crippen LogP contribution >= 0.6 is 0 Å². The molecule has 1 aromatic rings. The minimum absolute atomic E-state index is 0.00967. The number of benzene rings is 1. The number of carbonyl (C=O) groups is 1. The largest absolute Gasteiger partial charge is 0.336 e. The lowest BCUT2D eigenvalue weighted by atomic mass is 10.0. The van der Waals surface area contributed by atoms with Crippen LogP contribution in [0.4, 0.5) is 5.69 Å². The van der Waals surface area contributed by atoms with Crippen LogP contribution in [0.1, 0.15) is 38.7 Å². The van der Waals surface area contributed by atoms with Crippen LogP contribution in [-0.4, -0.2) is 27.8 Å². The van der Waals surface area contributed by atoms with Crippen LogP contribution < -0.4 is 5.73 Å². The number of nitro groups is 1. The Bertz CT molecular complexity index is 542. The Kier molecular flexibility index (Phi) is 5.13. The molecular formula is C16H23N3O3. The Morgan fingerprint density at radius 1 is 1.36 bits per heavy atom. The summed E-state index contributed by atoms with van der Waals surface area (Å²) in [6.45, 7) is 4.44. The van der Waals surface area contributed by atoms with E-state index in [1.165, 1.54) is 12.1 Å². The molecule has 2 unspecified atom stereocenters. The summed E-state index contributed by atoms with van der Waals surface area (Å²) in [5.74, 6) is 0.150. The summed E-state index contributed by atoms with van der Waals surface area (Å²) in [5, 5.41) is 10.7. The first-order valence-electron chi connectivity index (χ1n) is 7.68. The van der Waals surface area contributed by atoms with Gasteiger partial charge in [-0.25, -0.2) is 0 Å². The SMILES string of the molecule is CC(C)N(Cc1ccc([N+](=O)[O-])cc1)C(=O)C1CCC(N)C1. The molecule has 0 bridgehead atoms. The monoisotopic (exact) mass is 305 g/mol. The molecule has 0 aliphatic heterocycles. The lowest BCUT2D eigenvalue weighted by Gasteiger charge is -2.29. The molecular weight excluding hydrogens is 282 g/mol. The molecule has 2 atom stereocenters. The van der Waals surface area contributed by atoms with E-state index < -0.39 is 4.92 Å². The van der Waals surface area contributed by atoms with Gasteiger partial charge in [0, 0.05) is 36.7 Å². The van der Waals surface area contributed by atoms with Crippen molar-refractivity contribution in [2.24, 2.45) is 11.7 Å². The number of hydrogen-bond donors (Lipinski definition) is 1. The maximum Gasteiger partial charge on any atom is 0.269 e. The van der Waals surface area contributed by atoms with Crippen molar-refractivity contribution >= 4 is 11.6 Å². The Morgan fingerprint density at radius 2 is 2.00 bits per heavy atom. The number of nitrogens with two attached hydrogens (primary N) is 1. The van der Waals surface area contributed by atoms with Crippen molar-refractivity contribution in [1.29, 1.82) is 0 Å². The van der Waals surface area contributed by atoms with Crippen molar-refractivity contribution in [3.63, 3.8) is 0 Å². The zero-order chi connectivity index (χ0) is 16.3. The van der Waals surface area contributed by atoms with Crippen LogP contribution in [-0.2, 0) is 11.3 Å². The second-order valence-corrected chi connectivity index (χ2v) is 6.25. The molecule has 0 saturated heterocycles. The van der Waals surface area contributed by atoms with E-state index >= 15 is 0 Å². The zero-order valence-corrected chi connectivity index (χ0v) is 13.1. The van der Waals surface area contributed by atoms with Crippen molar-refractivity contribution in [3.05, 3.63) is 39.9 Å². The van der Waals surface area contributed by atoms with E-state index in [1.807, 2.05) is 18.7 Å². The molecule has 6 heteroatoms. The molecule has 22 heavy (non-hydrogen) atoms. The van der Waals surface area contributed by atoms with E-state index in [0.717, 1.165) is 24.8 Å². The Balaban J connectivity index is 2.08. The van der Waals surface area contributed by atoms with Crippen molar-refractivity contribution < 1.29 is 9.72 Å². The topological polar surface area (TPSA) is 89.5 Å². The smallest absolute Gasteiger partial charge is 0.269 e. The highest BCUT2D eigenvalue weighted by atomic mass is 16.6. The van der Waals surface area contributed by atoms with Gasteiger partial charge in [0.05, 0.1) is 4.92 Å². The Hall–Kier alpha value is -1.95.